The molecule has 1 N–H and O–H groups in total. The third-order valence-electron chi connectivity index (χ3n) is 7.58. The first-order valence-electron chi connectivity index (χ1n) is 12.4. The van der Waals surface area contributed by atoms with Crippen LogP contribution >= 0.6 is 0 Å². The van der Waals surface area contributed by atoms with Crippen LogP contribution in [0.5, 0.6) is 0 Å². The topological polar surface area (TPSA) is 78.0 Å². The van der Waals surface area contributed by atoms with Crippen molar-refractivity contribution in [2.24, 2.45) is 12.5 Å². The Balaban J connectivity index is 1.75. The quantitative estimate of drug-likeness (QED) is 0.356. The van der Waals surface area contributed by atoms with Gasteiger partial charge >= 0.3 is 0 Å². The zero-order chi connectivity index (χ0) is 26.1. The summed E-state index contributed by atoms with van der Waals surface area (Å²) >= 11 is 0. The number of hydrogen-bond donors (Lipinski definition) is 1. The summed E-state index contributed by atoms with van der Waals surface area (Å²) in [4.78, 5) is 4.76. The molecule has 2 aromatic carbocycles. The highest BCUT2D eigenvalue weighted by Crippen LogP contribution is 2.47. The lowest BCUT2D eigenvalue weighted by atomic mass is 9.76. The van der Waals surface area contributed by atoms with Crippen LogP contribution in [-0.4, -0.2) is 42.9 Å². The van der Waals surface area contributed by atoms with Gasteiger partial charge in [-0.3, -0.25) is 4.98 Å². The van der Waals surface area contributed by atoms with Crippen molar-refractivity contribution in [3.63, 3.8) is 0 Å². The first-order valence-corrected chi connectivity index (χ1v) is 12.4. The van der Waals surface area contributed by atoms with E-state index in [0.29, 0.717) is 41.2 Å². The van der Waals surface area contributed by atoms with E-state index in [1.165, 1.54) is 0 Å². The molecule has 5 aromatic rings. The van der Waals surface area contributed by atoms with Crippen molar-refractivity contribution in [2.75, 3.05) is 13.2 Å². The van der Waals surface area contributed by atoms with E-state index in [2.05, 4.69) is 33.9 Å². The molecule has 7 nitrogen and oxygen atoms in total. The van der Waals surface area contributed by atoms with Gasteiger partial charge in [-0.15, -0.1) is 5.10 Å². The largest absolute Gasteiger partial charge is 0.386 e. The number of aliphatic hydroxyl groups is 1. The van der Waals surface area contributed by atoms with E-state index < -0.39 is 5.60 Å². The number of aromatic nitrogens is 5. The molecule has 0 spiro atoms. The predicted molar refractivity (Wildman–Crippen MR) is 141 cm³/mol. The van der Waals surface area contributed by atoms with Crippen LogP contribution in [0.2, 0.25) is 0 Å². The Morgan fingerprint density at radius 3 is 2.43 bits per heavy atom. The minimum atomic E-state index is -1.08. The number of nitrogens with zero attached hydrogens (tertiary/aromatic N) is 5. The van der Waals surface area contributed by atoms with Crippen LogP contribution in [0, 0.1) is 18.2 Å². The highest BCUT2D eigenvalue weighted by atomic mass is 19.1. The van der Waals surface area contributed by atoms with Crippen molar-refractivity contribution in [1.82, 2.24) is 24.5 Å². The highest BCUT2D eigenvalue weighted by molar-refractivity contribution is 6.07. The summed E-state index contributed by atoms with van der Waals surface area (Å²) in [5, 5.41) is 19.8. The first kappa shape index (κ1) is 23.8. The zero-order valence-corrected chi connectivity index (χ0v) is 21.7. The number of rotatable bonds is 5. The fourth-order valence-electron chi connectivity index (χ4n) is 5.63. The summed E-state index contributed by atoms with van der Waals surface area (Å²) in [5.74, 6) is -0.358. The molecule has 4 heterocycles. The second kappa shape index (κ2) is 8.19. The molecule has 6 rings (SSSR count). The van der Waals surface area contributed by atoms with E-state index in [0.717, 1.165) is 22.0 Å². The molecule has 0 radical (unpaired) electrons. The predicted octanol–water partition coefficient (Wildman–Crippen LogP) is 5.29. The Bertz CT molecular complexity index is 1620. The molecule has 1 aliphatic rings. The first-order chi connectivity index (χ1) is 17.6. The van der Waals surface area contributed by atoms with Crippen LogP contribution in [0.3, 0.4) is 0 Å². The second-order valence-corrected chi connectivity index (χ2v) is 11.0. The number of hydrogen-bond acceptors (Lipinski definition) is 5. The third-order valence-corrected chi connectivity index (χ3v) is 7.58. The van der Waals surface area contributed by atoms with Gasteiger partial charge in [0.25, 0.3) is 0 Å². The van der Waals surface area contributed by atoms with Crippen LogP contribution in [0.15, 0.2) is 54.7 Å². The van der Waals surface area contributed by atoms with Gasteiger partial charge in [0.1, 0.15) is 5.82 Å². The Hall–Kier alpha value is -3.62. The standard InChI is InChI=1S/C29H30FN5O2/c1-17-26(34(5)33-32-17)20-13-23-21(12-22(20)30)25-24(11-19(14-31-25)28(2,3)36)35(23)27(29(4)15-37-16-29)18-9-7-6-8-10-18/h6-14,27,36H,15-16H2,1-5H3/t27-/m1/s1. The Labute approximate surface area is 214 Å². The molecule has 1 saturated heterocycles. The molecule has 1 fully saturated rings. The van der Waals surface area contributed by atoms with Gasteiger partial charge in [-0.2, -0.15) is 0 Å². The van der Waals surface area contributed by atoms with Crippen molar-refractivity contribution in [3.8, 4) is 11.3 Å². The van der Waals surface area contributed by atoms with E-state index >= 15 is 4.39 Å². The molecule has 190 valence electrons. The van der Waals surface area contributed by atoms with Crippen LogP contribution in [0.25, 0.3) is 33.2 Å². The minimum Gasteiger partial charge on any atom is -0.386 e. The summed E-state index contributed by atoms with van der Waals surface area (Å²) in [6.45, 7) is 8.75. The average molecular weight is 500 g/mol. The Morgan fingerprint density at radius 1 is 1.11 bits per heavy atom. The lowest BCUT2D eigenvalue weighted by Crippen LogP contribution is -2.47. The summed E-state index contributed by atoms with van der Waals surface area (Å²) in [6, 6.07) is 15.7. The van der Waals surface area contributed by atoms with Crippen molar-refractivity contribution in [1.29, 1.82) is 0 Å². The molecule has 0 bridgehead atoms. The van der Waals surface area contributed by atoms with Gasteiger partial charge in [-0.1, -0.05) is 42.5 Å². The number of ether oxygens (including phenoxy) is 1. The van der Waals surface area contributed by atoms with Gasteiger partial charge in [0.05, 0.1) is 52.8 Å². The van der Waals surface area contributed by atoms with Crippen LogP contribution in [0.4, 0.5) is 4.39 Å². The number of benzene rings is 2. The van der Waals surface area contributed by atoms with Crippen LogP contribution in [0.1, 0.15) is 43.6 Å². The maximum Gasteiger partial charge on any atom is 0.133 e. The maximum absolute atomic E-state index is 15.7. The van der Waals surface area contributed by atoms with Gasteiger partial charge in [-0.25, -0.2) is 9.07 Å². The van der Waals surface area contributed by atoms with E-state index in [-0.39, 0.29) is 17.3 Å². The maximum atomic E-state index is 15.7. The highest BCUT2D eigenvalue weighted by Gasteiger charge is 2.44. The molecule has 0 saturated carbocycles. The number of halogens is 1. The average Bonchev–Trinajstić information content (AvgIpc) is 3.33. The van der Waals surface area contributed by atoms with E-state index in [9.17, 15) is 5.11 Å². The molecule has 0 unspecified atom stereocenters. The summed E-state index contributed by atoms with van der Waals surface area (Å²) in [7, 11) is 1.77. The third kappa shape index (κ3) is 3.66. The molecule has 3 aromatic heterocycles. The number of pyridine rings is 1. The van der Waals surface area contributed by atoms with Crippen molar-refractivity contribution in [3.05, 3.63) is 77.4 Å². The lowest BCUT2D eigenvalue weighted by molar-refractivity contribution is -0.120. The molecular formula is C29H30FN5O2. The van der Waals surface area contributed by atoms with Gasteiger partial charge in [0, 0.05) is 35.2 Å². The summed E-state index contributed by atoms with van der Waals surface area (Å²) < 4.78 is 25.3. The van der Waals surface area contributed by atoms with E-state index in [1.54, 1.807) is 37.8 Å². The number of aryl methyl sites for hydroxylation is 2. The molecule has 1 atom stereocenters. The monoisotopic (exact) mass is 499 g/mol. The van der Waals surface area contributed by atoms with Crippen LogP contribution < -0.4 is 0 Å². The molecule has 0 amide bonds. The smallest absolute Gasteiger partial charge is 0.133 e. The molecule has 8 heteroatoms. The summed E-state index contributed by atoms with van der Waals surface area (Å²) in [5.41, 5.74) is 4.67. The fraction of sp³-hybridized carbons (Fsp3) is 0.345. The summed E-state index contributed by atoms with van der Waals surface area (Å²) in [6.07, 6.45) is 1.68. The minimum absolute atomic E-state index is 0.106. The second-order valence-electron chi connectivity index (χ2n) is 11.0. The van der Waals surface area contributed by atoms with Crippen molar-refractivity contribution < 1.29 is 14.2 Å². The van der Waals surface area contributed by atoms with E-state index in [1.807, 2.05) is 37.3 Å². The van der Waals surface area contributed by atoms with Gasteiger partial charge in [0.2, 0.25) is 0 Å². The Kier molecular flexibility index (Phi) is 5.26. The van der Waals surface area contributed by atoms with Crippen LogP contribution in [-0.2, 0) is 17.4 Å². The van der Waals surface area contributed by atoms with Gasteiger partial charge in [0.15, 0.2) is 0 Å². The normalized spacial score (nSPS) is 16.3. The Morgan fingerprint density at radius 2 is 1.84 bits per heavy atom. The lowest BCUT2D eigenvalue weighted by Gasteiger charge is -2.45. The number of fused-ring (bicyclic) bond motifs is 3. The molecule has 1 aliphatic heterocycles. The van der Waals surface area contributed by atoms with Gasteiger partial charge < -0.3 is 14.4 Å². The van der Waals surface area contributed by atoms with E-state index in [4.69, 9.17) is 9.72 Å². The fourth-order valence-corrected chi connectivity index (χ4v) is 5.63. The molecular weight excluding hydrogens is 469 g/mol. The molecule has 37 heavy (non-hydrogen) atoms. The SMILES string of the molecule is Cc1nnn(C)c1-c1cc2c(cc1F)c1ncc(C(C)(C)O)cc1n2[C@H](c1ccccc1)C1(C)COC1. The molecule has 0 aliphatic carbocycles. The van der Waals surface area contributed by atoms with Gasteiger partial charge in [-0.05, 0) is 44.5 Å². The van der Waals surface area contributed by atoms with Crippen molar-refractivity contribution in [2.45, 2.75) is 39.3 Å². The zero-order valence-electron chi connectivity index (χ0n) is 21.7. The van der Waals surface area contributed by atoms with Crippen molar-refractivity contribution >= 4 is 21.9 Å².